The fraction of sp³-hybridized carbons (Fsp3) is 0.100. The molecule has 8 nitrogen and oxygen atoms in total. The molecular weight excluding hydrogens is 358 g/mol. The lowest BCUT2D eigenvalue weighted by Crippen LogP contribution is -2.21. The number of carbonyl (C=O) groups excluding carboxylic acids is 1. The van der Waals surface area contributed by atoms with Crippen molar-refractivity contribution in [2.24, 2.45) is 0 Å². The van der Waals surface area contributed by atoms with Gasteiger partial charge in [0.15, 0.2) is 5.65 Å². The highest BCUT2D eigenvalue weighted by Crippen LogP contribution is 2.20. The van der Waals surface area contributed by atoms with Gasteiger partial charge in [-0.2, -0.15) is 10.1 Å². The van der Waals surface area contributed by atoms with Gasteiger partial charge in [-0.25, -0.2) is 4.68 Å². The first-order chi connectivity index (χ1) is 13.5. The largest absolute Gasteiger partial charge is 0.426 e. The van der Waals surface area contributed by atoms with Crippen molar-refractivity contribution < 1.29 is 9.53 Å². The highest BCUT2D eigenvalue weighted by molar-refractivity contribution is 5.93. The highest BCUT2D eigenvalue weighted by atomic mass is 16.5. The summed E-state index contributed by atoms with van der Waals surface area (Å²) in [4.78, 5) is 32.8. The lowest BCUT2D eigenvalue weighted by atomic mass is 10.2. The molecule has 0 bridgehead atoms. The minimum absolute atomic E-state index is 0.0434. The van der Waals surface area contributed by atoms with E-state index in [1.807, 2.05) is 30.3 Å². The highest BCUT2D eigenvalue weighted by Gasteiger charge is 2.13. The Morgan fingerprint density at radius 3 is 2.46 bits per heavy atom. The van der Waals surface area contributed by atoms with Crippen molar-refractivity contribution in [2.45, 2.75) is 0 Å². The molecule has 0 spiro atoms. The summed E-state index contributed by atoms with van der Waals surface area (Å²) in [6, 6.07) is 16.0. The van der Waals surface area contributed by atoms with E-state index in [2.05, 4.69) is 15.1 Å². The third-order valence-electron chi connectivity index (χ3n) is 4.14. The van der Waals surface area contributed by atoms with Crippen LogP contribution in [0.2, 0.25) is 0 Å². The van der Waals surface area contributed by atoms with Crippen LogP contribution in [0.1, 0.15) is 10.4 Å². The van der Waals surface area contributed by atoms with E-state index in [-0.39, 0.29) is 17.5 Å². The summed E-state index contributed by atoms with van der Waals surface area (Å²) in [5.74, 6) is 0.342. The van der Waals surface area contributed by atoms with Crippen LogP contribution in [-0.4, -0.2) is 44.7 Å². The zero-order chi connectivity index (χ0) is 19.7. The summed E-state index contributed by atoms with van der Waals surface area (Å²) < 4.78 is 7.27. The predicted octanol–water partition coefficient (Wildman–Crippen LogP) is 2.60. The lowest BCUT2D eigenvalue weighted by molar-refractivity contribution is 0.0827. The number of hydrogen-bond donors (Lipinski definition) is 1. The Balaban J connectivity index is 1.68. The standard InChI is InChI=1S/C20H17N5O3/c1-24(2)19(27)13-8-10-15(11-9-13)28-20-22-17-16(18(26)23-20)12-21-25(17)14-6-4-3-5-7-14/h3-12H,1-2H3,(H,22,23,26). The third kappa shape index (κ3) is 3.23. The number of amides is 1. The number of benzene rings is 2. The molecule has 0 aliphatic rings. The van der Waals surface area contributed by atoms with Crippen LogP contribution in [0.25, 0.3) is 16.7 Å². The van der Waals surface area contributed by atoms with Gasteiger partial charge in [-0.05, 0) is 36.4 Å². The van der Waals surface area contributed by atoms with Crippen molar-refractivity contribution in [2.75, 3.05) is 14.1 Å². The molecule has 1 N–H and O–H groups in total. The number of carbonyl (C=O) groups is 1. The number of nitrogens with one attached hydrogen (secondary N) is 1. The van der Waals surface area contributed by atoms with Crippen LogP contribution in [0.5, 0.6) is 11.8 Å². The quantitative estimate of drug-likeness (QED) is 0.592. The number of para-hydroxylation sites is 1. The monoisotopic (exact) mass is 375 g/mol. The maximum Gasteiger partial charge on any atom is 0.304 e. The Labute approximate surface area is 160 Å². The van der Waals surface area contributed by atoms with Gasteiger partial charge >= 0.3 is 6.01 Å². The van der Waals surface area contributed by atoms with Gasteiger partial charge in [-0.3, -0.25) is 14.6 Å². The summed E-state index contributed by atoms with van der Waals surface area (Å²) in [7, 11) is 3.37. The van der Waals surface area contributed by atoms with Crippen LogP contribution in [0.15, 0.2) is 65.6 Å². The first-order valence-electron chi connectivity index (χ1n) is 8.56. The van der Waals surface area contributed by atoms with E-state index in [0.29, 0.717) is 22.3 Å². The number of nitrogens with zero attached hydrogens (tertiary/aromatic N) is 4. The zero-order valence-corrected chi connectivity index (χ0v) is 15.3. The fourth-order valence-electron chi connectivity index (χ4n) is 2.74. The molecule has 0 radical (unpaired) electrons. The second kappa shape index (κ2) is 6.99. The van der Waals surface area contributed by atoms with Gasteiger partial charge in [-0.15, -0.1) is 0 Å². The molecule has 28 heavy (non-hydrogen) atoms. The molecule has 2 heterocycles. The summed E-state index contributed by atoms with van der Waals surface area (Å²) in [5, 5.41) is 4.62. The Morgan fingerprint density at radius 1 is 1.07 bits per heavy atom. The third-order valence-corrected chi connectivity index (χ3v) is 4.14. The number of rotatable bonds is 4. The van der Waals surface area contributed by atoms with Gasteiger partial charge in [0.2, 0.25) is 0 Å². The molecule has 8 heteroatoms. The minimum Gasteiger partial charge on any atom is -0.426 e. The van der Waals surface area contributed by atoms with Gasteiger partial charge in [0.25, 0.3) is 11.5 Å². The summed E-state index contributed by atoms with van der Waals surface area (Å²) >= 11 is 0. The van der Waals surface area contributed by atoms with Crippen LogP contribution in [0, 0.1) is 0 Å². The van der Waals surface area contributed by atoms with Crippen LogP contribution in [0.4, 0.5) is 0 Å². The van der Waals surface area contributed by atoms with Crippen LogP contribution in [0.3, 0.4) is 0 Å². The van der Waals surface area contributed by atoms with Gasteiger partial charge in [0, 0.05) is 19.7 Å². The van der Waals surface area contributed by atoms with Crippen LogP contribution >= 0.6 is 0 Å². The maximum absolute atomic E-state index is 12.4. The normalized spacial score (nSPS) is 10.8. The first-order valence-corrected chi connectivity index (χ1v) is 8.56. The number of aromatic nitrogens is 4. The minimum atomic E-state index is -0.346. The topological polar surface area (TPSA) is 93.1 Å². The molecule has 4 aromatic rings. The molecule has 0 aliphatic heterocycles. The second-order valence-corrected chi connectivity index (χ2v) is 6.33. The van der Waals surface area contributed by atoms with Crippen molar-refractivity contribution in [1.82, 2.24) is 24.6 Å². The molecule has 0 fully saturated rings. The van der Waals surface area contributed by atoms with E-state index < -0.39 is 0 Å². The number of ether oxygens (including phenoxy) is 1. The predicted molar refractivity (Wildman–Crippen MR) is 104 cm³/mol. The van der Waals surface area contributed by atoms with E-state index in [4.69, 9.17) is 4.74 Å². The molecular formula is C20H17N5O3. The molecule has 0 atom stereocenters. The van der Waals surface area contributed by atoms with Crippen molar-refractivity contribution in [3.05, 3.63) is 76.7 Å². The molecule has 0 saturated carbocycles. The van der Waals surface area contributed by atoms with Crippen molar-refractivity contribution >= 4 is 16.9 Å². The number of aromatic amines is 1. The van der Waals surface area contributed by atoms with E-state index in [1.165, 1.54) is 11.1 Å². The molecule has 140 valence electrons. The van der Waals surface area contributed by atoms with Gasteiger partial charge in [0.1, 0.15) is 11.1 Å². The van der Waals surface area contributed by atoms with E-state index in [1.54, 1.807) is 43.0 Å². The van der Waals surface area contributed by atoms with E-state index >= 15 is 0 Å². The Morgan fingerprint density at radius 2 is 1.79 bits per heavy atom. The Hall–Kier alpha value is -3.94. The number of hydrogen-bond acceptors (Lipinski definition) is 5. The van der Waals surface area contributed by atoms with E-state index in [0.717, 1.165) is 5.69 Å². The van der Waals surface area contributed by atoms with E-state index in [9.17, 15) is 9.59 Å². The molecule has 0 saturated heterocycles. The average Bonchev–Trinajstić information content (AvgIpc) is 3.13. The van der Waals surface area contributed by atoms with Gasteiger partial charge in [-0.1, -0.05) is 18.2 Å². The van der Waals surface area contributed by atoms with Crippen molar-refractivity contribution in [3.63, 3.8) is 0 Å². The van der Waals surface area contributed by atoms with Gasteiger partial charge in [0.05, 0.1) is 11.9 Å². The smallest absolute Gasteiger partial charge is 0.304 e. The second-order valence-electron chi connectivity index (χ2n) is 6.33. The molecule has 0 aliphatic carbocycles. The Kier molecular flexibility index (Phi) is 4.36. The summed E-state index contributed by atoms with van der Waals surface area (Å²) in [6.45, 7) is 0. The van der Waals surface area contributed by atoms with Crippen molar-refractivity contribution in [1.29, 1.82) is 0 Å². The summed E-state index contributed by atoms with van der Waals surface area (Å²) in [5.41, 5.74) is 1.37. The maximum atomic E-state index is 12.4. The molecule has 2 aromatic heterocycles. The van der Waals surface area contributed by atoms with Gasteiger partial charge < -0.3 is 9.64 Å². The Bertz CT molecular complexity index is 1190. The molecule has 1 amide bonds. The van der Waals surface area contributed by atoms with Crippen molar-refractivity contribution in [3.8, 4) is 17.4 Å². The van der Waals surface area contributed by atoms with Crippen LogP contribution in [-0.2, 0) is 0 Å². The fourth-order valence-corrected chi connectivity index (χ4v) is 2.74. The summed E-state index contributed by atoms with van der Waals surface area (Å²) in [6.07, 6.45) is 1.47. The van der Waals surface area contributed by atoms with Crippen LogP contribution < -0.4 is 10.3 Å². The first kappa shape index (κ1) is 17.5. The SMILES string of the molecule is CN(C)C(=O)c1ccc(Oc2nc3c(cnn3-c3ccccc3)c(=O)[nH]2)cc1. The number of fused-ring (bicyclic) bond motifs is 1. The molecule has 4 rings (SSSR count). The molecule has 2 aromatic carbocycles. The lowest BCUT2D eigenvalue weighted by Gasteiger charge is -2.10. The molecule has 0 unspecified atom stereocenters. The zero-order valence-electron chi connectivity index (χ0n) is 15.3. The number of H-pyrrole nitrogens is 1. The average molecular weight is 375 g/mol.